The third kappa shape index (κ3) is 3.96. The van der Waals surface area contributed by atoms with Crippen molar-refractivity contribution in [2.24, 2.45) is 0 Å². The van der Waals surface area contributed by atoms with Crippen LogP contribution in [0.25, 0.3) is 10.9 Å². The molecule has 0 saturated heterocycles. The highest BCUT2D eigenvalue weighted by molar-refractivity contribution is 5.83. The molecule has 180 valence electrons. The number of aromatic nitrogens is 5. The summed E-state index contributed by atoms with van der Waals surface area (Å²) in [5.74, 6) is 0.657. The molecule has 0 spiro atoms. The van der Waals surface area contributed by atoms with Crippen molar-refractivity contribution in [1.82, 2.24) is 25.2 Å². The van der Waals surface area contributed by atoms with Crippen molar-refractivity contribution in [2.75, 3.05) is 11.4 Å². The van der Waals surface area contributed by atoms with Crippen LogP contribution in [0, 0.1) is 13.8 Å². The van der Waals surface area contributed by atoms with E-state index in [1.54, 1.807) is 0 Å². The summed E-state index contributed by atoms with van der Waals surface area (Å²) in [5.41, 5.74) is 7.13. The van der Waals surface area contributed by atoms with Crippen LogP contribution in [0.4, 0.5) is 5.69 Å². The number of fused-ring (bicyclic) bond motifs is 2. The fraction of sp³-hybridized carbons (Fsp3) is 0.241. The molecule has 1 aliphatic rings. The van der Waals surface area contributed by atoms with E-state index in [4.69, 9.17) is 0 Å². The topological polar surface area (TPSA) is 79.7 Å². The molecule has 7 heteroatoms. The first kappa shape index (κ1) is 22.2. The van der Waals surface area contributed by atoms with Gasteiger partial charge >= 0.3 is 0 Å². The average molecular weight is 477 g/mol. The van der Waals surface area contributed by atoms with E-state index in [-0.39, 0.29) is 5.56 Å². The number of anilines is 1. The van der Waals surface area contributed by atoms with Crippen molar-refractivity contribution < 1.29 is 0 Å². The zero-order valence-electron chi connectivity index (χ0n) is 20.5. The first-order chi connectivity index (χ1) is 17.6. The summed E-state index contributed by atoms with van der Waals surface area (Å²) in [7, 11) is 0. The molecule has 1 aliphatic heterocycles. The summed E-state index contributed by atoms with van der Waals surface area (Å²) < 4.78 is 1.82. The van der Waals surface area contributed by atoms with E-state index in [0.717, 1.165) is 52.7 Å². The highest BCUT2D eigenvalue weighted by Gasteiger charge is 2.33. The summed E-state index contributed by atoms with van der Waals surface area (Å²) in [6.07, 6.45) is 2.01. The van der Waals surface area contributed by atoms with Crippen molar-refractivity contribution in [1.29, 1.82) is 0 Å². The van der Waals surface area contributed by atoms with Crippen molar-refractivity contribution in [3.63, 3.8) is 0 Å². The first-order valence-electron chi connectivity index (χ1n) is 12.4. The molecule has 2 aromatic heterocycles. The quantitative estimate of drug-likeness (QED) is 0.397. The minimum absolute atomic E-state index is 0.114. The Labute approximate surface area is 209 Å². The Morgan fingerprint density at radius 1 is 1.00 bits per heavy atom. The van der Waals surface area contributed by atoms with Gasteiger partial charge in [0.15, 0.2) is 5.82 Å². The van der Waals surface area contributed by atoms with Gasteiger partial charge in [-0.25, -0.2) is 4.68 Å². The zero-order chi connectivity index (χ0) is 24.6. The van der Waals surface area contributed by atoms with Crippen LogP contribution < -0.4 is 10.5 Å². The number of H-pyrrole nitrogens is 1. The monoisotopic (exact) mass is 476 g/mol. The molecule has 1 N–H and O–H groups in total. The molecule has 3 heterocycles. The number of benzene rings is 3. The lowest BCUT2D eigenvalue weighted by Crippen LogP contribution is -2.38. The van der Waals surface area contributed by atoms with Gasteiger partial charge in [0, 0.05) is 17.8 Å². The lowest BCUT2D eigenvalue weighted by atomic mass is 9.95. The lowest BCUT2D eigenvalue weighted by Gasteiger charge is -2.37. The summed E-state index contributed by atoms with van der Waals surface area (Å²) in [6.45, 7) is 5.45. The van der Waals surface area contributed by atoms with Crippen molar-refractivity contribution >= 4 is 16.6 Å². The minimum atomic E-state index is -0.431. The largest absolute Gasteiger partial charge is 0.357 e. The zero-order valence-corrected chi connectivity index (χ0v) is 20.5. The Bertz CT molecular complexity index is 1600. The molecule has 0 unspecified atom stereocenters. The maximum Gasteiger partial charge on any atom is 0.254 e. The number of tetrazole rings is 1. The van der Waals surface area contributed by atoms with Crippen LogP contribution in [0.3, 0.4) is 0 Å². The normalized spacial score (nSPS) is 14.1. The van der Waals surface area contributed by atoms with E-state index >= 15 is 0 Å². The molecule has 36 heavy (non-hydrogen) atoms. The molecule has 0 aliphatic carbocycles. The van der Waals surface area contributed by atoms with Gasteiger partial charge in [0.2, 0.25) is 0 Å². The number of para-hydroxylation sites is 1. The summed E-state index contributed by atoms with van der Waals surface area (Å²) in [4.78, 5) is 19.1. The second kappa shape index (κ2) is 9.07. The molecule has 0 amide bonds. The van der Waals surface area contributed by atoms with E-state index in [2.05, 4.69) is 80.9 Å². The van der Waals surface area contributed by atoms with Gasteiger partial charge in [0.1, 0.15) is 6.04 Å². The predicted octanol–water partition coefficient (Wildman–Crippen LogP) is 4.72. The van der Waals surface area contributed by atoms with Gasteiger partial charge in [-0.15, -0.1) is 5.10 Å². The third-order valence-corrected chi connectivity index (χ3v) is 7.05. The highest BCUT2D eigenvalue weighted by atomic mass is 16.1. The summed E-state index contributed by atoms with van der Waals surface area (Å²) in [6, 6.07) is 24.4. The standard InChI is InChI=1S/C29H28N6O/c1-19-15-20(2)26-23(16-19)17-24(29(36)30-26)27(34-14-8-12-22-11-6-7-13-25(22)34)28-31-32-33-35(28)18-21-9-4-3-5-10-21/h3-7,9-11,13,15-17,27H,8,12,14,18H2,1-2H3,(H,30,36)/t27-/m0/s1. The fourth-order valence-corrected chi connectivity index (χ4v) is 5.46. The third-order valence-electron chi connectivity index (χ3n) is 7.05. The summed E-state index contributed by atoms with van der Waals surface area (Å²) in [5, 5.41) is 13.9. The van der Waals surface area contributed by atoms with E-state index in [0.29, 0.717) is 17.9 Å². The highest BCUT2D eigenvalue weighted by Crippen LogP contribution is 2.37. The van der Waals surface area contributed by atoms with Crippen molar-refractivity contribution in [3.05, 3.63) is 117 Å². The first-order valence-corrected chi connectivity index (χ1v) is 12.4. The van der Waals surface area contributed by atoms with Gasteiger partial charge in [0.25, 0.3) is 5.56 Å². The van der Waals surface area contributed by atoms with Gasteiger partial charge in [-0.2, -0.15) is 0 Å². The molecule has 1 atom stereocenters. The fourth-order valence-electron chi connectivity index (χ4n) is 5.46. The Kier molecular flexibility index (Phi) is 5.60. The number of hydrogen-bond donors (Lipinski definition) is 1. The molecule has 0 fully saturated rings. The predicted molar refractivity (Wildman–Crippen MR) is 141 cm³/mol. The maximum absolute atomic E-state index is 13.7. The van der Waals surface area contributed by atoms with Crippen LogP contribution >= 0.6 is 0 Å². The van der Waals surface area contributed by atoms with Gasteiger partial charge in [-0.1, -0.05) is 60.2 Å². The van der Waals surface area contributed by atoms with Gasteiger partial charge < -0.3 is 9.88 Å². The maximum atomic E-state index is 13.7. The van der Waals surface area contributed by atoms with Gasteiger partial charge in [0.05, 0.1) is 12.1 Å². The Morgan fingerprint density at radius 2 is 1.81 bits per heavy atom. The molecule has 6 rings (SSSR count). The number of pyridine rings is 1. The molecule has 7 nitrogen and oxygen atoms in total. The van der Waals surface area contributed by atoms with Crippen LogP contribution in [0.15, 0.2) is 77.6 Å². The molecule has 0 saturated carbocycles. The minimum Gasteiger partial charge on any atom is -0.357 e. The number of aromatic amines is 1. The number of nitrogens with zero attached hydrogens (tertiary/aromatic N) is 5. The molecule has 5 aromatic rings. The van der Waals surface area contributed by atoms with E-state index in [1.807, 2.05) is 35.9 Å². The van der Waals surface area contributed by atoms with E-state index < -0.39 is 6.04 Å². The van der Waals surface area contributed by atoms with Gasteiger partial charge in [-0.3, -0.25) is 4.79 Å². The SMILES string of the molecule is Cc1cc(C)c2[nH]c(=O)c([C@@H](c3nnnn3Cc3ccccc3)N3CCCc4ccccc43)cc2c1. The Morgan fingerprint density at radius 3 is 2.67 bits per heavy atom. The van der Waals surface area contributed by atoms with Crippen LogP contribution in [0.5, 0.6) is 0 Å². The van der Waals surface area contributed by atoms with E-state index in [1.165, 1.54) is 5.56 Å². The molecule has 0 radical (unpaired) electrons. The van der Waals surface area contributed by atoms with Crippen LogP contribution in [0.2, 0.25) is 0 Å². The average Bonchev–Trinajstić information content (AvgIpc) is 3.33. The number of nitrogens with one attached hydrogen (secondary N) is 1. The summed E-state index contributed by atoms with van der Waals surface area (Å²) >= 11 is 0. The molecule has 0 bridgehead atoms. The number of rotatable bonds is 5. The number of aryl methyl sites for hydroxylation is 3. The van der Waals surface area contributed by atoms with Crippen molar-refractivity contribution in [2.45, 2.75) is 39.3 Å². The second-order valence-corrected chi connectivity index (χ2v) is 9.61. The number of hydrogen-bond acceptors (Lipinski definition) is 5. The smallest absolute Gasteiger partial charge is 0.254 e. The van der Waals surface area contributed by atoms with E-state index in [9.17, 15) is 4.79 Å². The van der Waals surface area contributed by atoms with Gasteiger partial charge in [-0.05, 0) is 77.4 Å². The molecular formula is C29H28N6O. The molecule has 3 aromatic carbocycles. The Hall–Kier alpha value is -4.26. The van der Waals surface area contributed by atoms with Crippen molar-refractivity contribution in [3.8, 4) is 0 Å². The Balaban J connectivity index is 1.56. The second-order valence-electron chi connectivity index (χ2n) is 9.61. The van der Waals surface area contributed by atoms with Crippen LogP contribution in [-0.4, -0.2) is 31.7 Å². The molecular weight excluding hydrogens is 448 g/mol. The van der Waals surface area contributed by atoms with Crippen LogP contribution in [-0.2, 0) is 13.0 Å². The lowest BCUT2D eigenvalue weighted by molar-refractivity contribution is 0.555. The van der Waals surface area contributed by atoms with Crippen LogP contribution in [0.1, 0.15) is 46.1 Å².